The molecule has 0 saturated carbocycles. The largest absolute Gasteiger partial charge is 0.373 e. The second-order valence-electron chi connectivity index (χ2n) is 5.87. The minimum Gasteiger partial charge on any atom is -0.373 e. The summed E-state index contributed by atoms with van der Waals surface area (Å²) >= 11 is 0. The Labute approximate surface area is 137 Å². The third kappa shape index (κ3) is 2.95. The molecule has 2 N–H and O–H groups in total. The number of aromatic nitrogens is 3. The Morgan fingerprint density at radius 1 is 1.22 bits per heavy atom. The number of nitrogen functional groups attached to an aromatic ring is 1. The Hall–Kier alpha value is -1.95. The number of fused-ring (bicyclic) bond motifs is 2. The summed E-state index contributed by atoms with van der Waals surface area (Å²) in [4.78, 5) is 15.9. The van der Waals surface area contributed by atoms with Gasteiger partial charge in [-0.2, -0.15) is 4.98 Å². The van der Waals surface area contributed by atoms with Crippen LogP contribution in [0.2, 0.25) is 0 Å². The van der Waals surface area contributed by atoms with Crippen molar-refractivity contribution in [3.8, 4) is 0 Å². The van der Waals surface area contributed by atoms with E-state index in [4.69, 9.17) is 10.5 Å². The molecule has 1 saturated heterocycles. The molecule has 0 spiro atoms. The third-order valence-corrected chi connectivity index (χ3v) is 4.33. The van der Waals surface area contributed by atoms with Crippen LogP contribution in [0.4, 0.5) is 11.8 Å². The first-order valence-electron chi connectivity index (χ1n) is 8.50. The summed E-state index contributed by atoms with van der Waals surface area (Å²) in [5.74, 6) is 1.27. The van der Waals surface area contributed by atoms with Crippen molar-refractivity contribution >= 4 is 22.7 Å². The predicted molar refractivity (Wildman–Crippen MR) is 92.5 cm³/mol. The molecule has 2 aromatic heterocycles. The highest BCUT2D eigenvalue weighted by Crippen LogP contribution is 2.34. The van der Waals surface area contributed by atoms with Crippen molar-refractivity contribution in [2.75, 3.05) is 23.8 Å². The van der Waals surface area contributed by atoms with Crippen molar-refractivity contribution in [1.82, 2.24) is 15.0 Å². The van der Waals surface area contributed by atoms with Crippen molar-refractivity contribution in [3.05, 3.63) is 17.5 Å². The highest BCUT2D eigenvalue weighted by atomic mass is 16.5. The molecule has 6 nitrogen and oxygen atoms in total. The van der Waals surface area contributed by atoms with E-state index in [0.29, 0.717) is 18.6 Å². The van der Waals surface area contributed by atoms with Gasteiger partial charge in [0.25, 0.3) is 0 Å². The van der Waals surface area contributed by atoms with Crippen molar-refractivity contribution in [3.63, 3.8) is 0 Å². The highest BCUT2D eigenvalue weighted by Gasteiger charge is 2.29. The minimum atomic E-state index is 0.333. The van der Waals surface area contributed by atoms with Gasteiger partial charge in [-0.1, -0.05) is 13.8 Å². The lowest BCUT2D eigenvalue weighted by molar-refractivity contribution is 0.0962. The average molecular weight is 315 g/mol. The zero-order valence-electron chi connectivity index (χ0n) is 14.2. The number of anilines is 2. The van der Waals surface area contributed by atoms with E-state index in [1.165, 1.54) is 12.8 Å². The molecule has 0 bridgehead atoms. The van der Waals surface area contributed by atoms with Crippen molar-refractivity contribution in [2.24, 2.45) is 0 Å². The molecule has 1 fully saturated rings. The molecule has 2 aliphatic heterocycles. The fourth-order valence-corrected chi connectivity index (χ4v) is 3.42. The molecule has 23 heavy (non-hydrogen) atoms. The zero-order chi connectivity index (χ0) is 16.4. The van der Waals surface area contributed by atoms with Crippen LogP contribution in [0.15, 0.2) is 6.07 Å². The molecule has 0 amide bonds. The molecule has 6 heteroatoms. The molecule has 0 radical (unpaired) electrons. The SMILES string of the molecule is CC.Cc1cc2nc(N)nc3c2c(n1)COCC1CCCCN31. The lowest BCUT2D eigenvalue weighted by atomic mass is 10.0. The van der Waals surface area contributed by atoms with Crippen LogP contribution in [0.3, 0.4) is 0 Å². The summed E-state index contributed by atoms with van der Waals surface area (Å²) < 4.78 is 5.89. The van der Waals surface area contributed by atoms with E-state index in [-0.39, 0.29) is 0 Å². The third-order valence-electron chi connectivity index (χ3n) is 4.33. The molecule has 1 unspecified atom stereocenters. The van der Waals surface area contributed by atoms with Gasteiger partial charge in [-0.05, 0) is 32.3 Å². The molecule has 2 aliphatic rings. The van der Waals surface area contributed by atoms with Gasteiger partial charge in [0.1, 0.15) is 5.82 Å². The fourth-order valence-electron chi connectivity index (χ4n) is 3.42. The first-order valence-corrected chi connectivity index (χ1v) is 8.50. The number of nitrogens with two attached hydrogens (primary N) is 1. The summed E-state index contributed by atoms with van der Waals surface area (Å²) in [6, 6.07) is 2.35. The lowest BCUT2D eigenvalue weighted by Gasteiger charge is -2.38. The standard InChI is InChI=1S/C15H19N5O.C2H6/c1-9-6-11-13-12(17-9)8-21-7-10-4-2-3-5-20(10)14(13)19-15(16)18-11;1-2/h6,10H,2-5,7-8H2,1H3,(H2,16,18,19);1-2H3. The van der Waals surface area contributed by atoms with E-state index >= 15 is 0 Å². The van der Waals surface area contributed by atoms with Gasteiger partial charge in [-0.25, -0.2) is 4.98 Å². The second kappa shape index (κ2) is 6.66. The van der Waals surface area contributed by atoms with Crippen LogP contribution >= 0.6 is 0 Å². The molecule has 124 valence electrons. The van der Waals surface area contributed by atoms with Crippen LogP contribution in [0.25, 0.3) is 10.9 Å². The maximum atomic E-state index is 5.94. The maximum absolute atomic E-state index is 5.94. The molecule has 1 atom stereocenters. The fraction of sp³-hybridized carbons (Fsp3) is 0.588. The van der Waals surface area contributed by atoms with Crippen LogP contribution in [-0.4, -0.2) is 34.1 Å². The zero-order valence-corrected chi connectivity index (χ0v) is 14.2. The molecular weight excluding hydrogens is 290 g/mol. The number of pyridine rings is 1. The number of aryl methyl sites for hydroxylation is 1. The van der Waals surface area contributed by atoms with Gasteiger partial charge in [0, 0.05) is 12.2 Å². The van der Waals surface area contributed by atoms with Crippen LogP contribution < -0.4 is 10.6 Å². The Balaban J connectivity index is 0.000000753. The molecule has 4 heterocycles. The van der Waals surface area contributed by atoms with Crippen LogP contribution in [0.1, 0.15) is 44.5 Å². The smallest absolute Gasteiger partial charge is 0.222 e. The summed E-state index contributed by atoms with van der Waals surface area (Å²) in [5.41, 5.74) is 8.66. The maximum Gasteiger partial charge on any atom is 0.222 e. The summed E-state index contributed by atoms with van der Waals surface area (Å²) in [5, 5.41) is 1.00. The molecule has 0 aromatic carbocycles. The number of nitrogens with zero attached hydrogens (tertiary/aromatic N) is 4. The van der Waals surface area contributed by atoms with Crippen molar-refractivity contribution < 1.29 is 4.74 Å². The van der Waals surface area contributed by atoms with E-state index in [1.54, 1.807) is 0 Å². The van der Waals surface area contributed by atoms with E-state index < -0.39 is 0 Å². The molecule has 2 aromatic rings. The summed E-state index contributed by atoms with van der Waals surface area (Å²) in [7, 11) is 0. The average Bonchev–Trinajstić information content (AvgIpc) is 2.54. The van der Waals surface area contributed by atoms with Gasteiger partial charge in [0.15, 0.2) is 0 Å². The first-order chi connectivity index (χ1) is 11.2. The van der Waals surface area contributed by atoms with E-state index in [9.17, 15) is 0 Å². The number of hydrogen-bond donors (Lipinski definition) is 1. The van der Waals surface area contributed by atoms with Crippen LogP contribution in [0.5, 0.6) is 0 Å². The summed E-state index contributed by atoms with van der Waals surface area (Å²) in [6.45, 7) is 8.20. The minimum absolute atomic E-state index is 0.333. The van der Waals surface area contributed by atoms with E-state index in [2.05, 4.69) is 19.9 Å². The Morgan fingerprint density at radius 2 is 2.04 bits per heavy atom. The van der Waals surface area contributed by atoms with Gasteiger partial charge >= 0.3 is 0 Å². The van der Waals surface area contributed by atoms with Gasteiger partial charge in [0.2, 0.25) is 5.95 Å². The van der Waals surface area contributed by atoms with E-state index in [1.807, 2.05) is 26.8 Å². The molecule has 0 aliphatic carbocycles. The van der Waals surface area contributed by atoms with E-state index in [0.717, 1.165) is 47.7 Å². The number of ether oxygens (including phenoxy) is 1. The van der Waals surface area contributed by atoms with Crippen LogP contribution in [0, 0.1) is 6.92 Å². The highest BCUT2D eigenvalue weighted by molar-refractivity contribution is 5.93. The quantitative estimate of drug-likeness (QED) is 0.805. The van der Waals surface area contributed by atoms with Gasteiger partial charge < -0.3 is 15.4 Å². The summed E-state index contributed by atoms with van der Waals surface area (Å²) in [6.07, 6.45) is 3.56. The number of hydrogen-bond acceptors (Lipinski definition) is 6. The van der Waals surface area contributed by atoms with Crippen molar-refractivity contribution in [1.29, 1.82) is 0 Å². The van der Waals surface area contributed by atoms with Crippen molar-refractivity contribution in [2.45, 2.75) is 52.7 Å². The topological polar surface area (TPSA) is 77.2 Å². The lowest BCUT2D eigenvalue weighted by Crippen LogP contribution is -2.44. The monoisotopic (exact) mass is 315 g/mol. The van der Waals surface area contributed by atoms with Gasteiger partial charge in [0.05, 0.1) is 35.9 Å². The predicted octanol–water partition coefficient (Wildman–Crippen LogP) is 2.83. The normalized spacial score (nSPS) is 20.1. The Bertz CT molecular complexity index is 698. The Kier molecular flexibility index (Phi) is 4.61. The number of piperidine rings is 1. The Morgan fingerprint density at radius 3 is 2.87 bits per heavy atom. The second-order valence-corrected chi connectivity index (χ2v) is 5.87. The van der Waals surface area contributed by atoms with Crippen LogP contribution in [-0.2, 0) is 11.3 Å². The molecule has 4 rings (SSSR count). The number of rotatable bonds is 0. The molecular formula is C17H25N5O. The first kappa shape index (κ1) is 15.9. The van der Waals surface area contributed by atoms with Gasteiger partial charge in [-0.3, -0.25) is 4.98 Å². The van der Waals surface area contributed by atoms with Gasteiger partial charge in [-0.15, -0.1) is 0 Å².